The van der Waals surface area contributed by atoms with E-state index in [9.17, 15) is 4.79 Å². The third-order valence-electron chi connectivity index (χ3n) is 4.02. The normalized spacial score (nSPS) is 17.6. The van der Waals surface area contributed by atoms with Gasteiger partial charge in [-0.2, -0.15) is 0 Å². The Labute approximate surface area is 123 Å². The lowest BCUT2D eigenvalue weighted by Gasteiger charge is -2.25. The molecule has 114 valence electrons. The zero-order valence-corrected chi connectivity index (χ0v) is 13.1. The van der Waals surface area contributed by atoms with E-state index in [-0.39, 0.29) is 24.4 Å². The van der Waals surface area contributed by atoms with Gasteiger partial charge in [0.2, 0.25) is 5.91 Å². The summed E-state index contributed by atoms with van der Waals surface area (Å²) in [7, 11) is 3.49. The van der Waals surface area contributed by atoms with Crippen LogP contribution < -0.4 is 5.73 Å². The fourth-order valence-electron chi connectivity index (χ4n) is 2.59. The number of nitrogens with two attached hydrogens (primary N) is 1. The second-order valence-electron chi connectivity index (χ2n) is 5.41. The molecule has 1 saturated carbocycles. The SMILES string of the molecule is COC(CN)CC(=O)N(C)CCC1CCCCC1.Cl. The zero-order chi connectivity index (χ0) is 13.4. The van der Waals surface area contributed by atoms with Crippen molar-refractivity contribution in [2.75, 3.05) is 27.2 Å². The van der Waals surface area contributed by atoms with E-state index in [0.29, 0.717) is 13.0 Å². The third-order valence-corrected chi connectivity index (χ3v) is 4.02. The van der Waals surface area contributed by atoms with Crippen LogP contribution in [0.1, 0.15) is 44.9 Å². The number of carbonyl (C=O) groups excluding carboxylic acids is 1. The monoisotopic (exact) mass is 292 g/mol. The zero-order valence-electron chi connectivity index (χ0n) is 12.3. The van der Waals surface area contributed by atoms with Crippen molar-refractivity contribution in [2.24, 2.45) is 11.7 Å². The topological polar surface area (TPSA) is 55.6 Å². The largest absolute Gasteiger partial charge is 0.380 e. The predicted molar refractivity (Wildman–Crippen MR) is 80.5 cm³/mol. The van der Waals surface area contributed by atoms with E-state index in [2.05, 4.69) is 0 Å². The Morgan fingerprint density at radius 1 is 1.37 bits per heavy atom. The molecule has 0 saturated heterocycles. The highest BCUT2D eigenvalue weighted by atomic mass is 35.5. The summed E-state index contributed by atoms with van der Waals surface area (Å²) in [6.07, 6.45) is 8.18. The number of carbonyl (C=O) groups is 1. The standard InChI is InChI=1S/C14H28N2O2.ClH/c1-16(14(17)10-13(11-15)18-2)9-8-12-6-4-3-5-7-12;/h12-13H,3-11,15H2,1-2H3;1H. The summed E-state index contributed by atoms with van der Waals surface area (Å²) in [5.74, 6) is 0.963. The molecule has 0 bridgehead atoms. The van der Waals surface area contributed by atoms with Crippen molar-refractivity contribution >= 4 is 18.3 Å². The van der Waals surface area contributed by atoms with Gasteiger partial charge in [-0.15, -0.1) is 12.4 Å². The average molecular weight is 293 g/mol. The van der Waals surface area contributed by atoms with Crippen molar-refractivity contribution in [1.82, 2.24) is 4.90 Å². The molecule has 5 heteroatoms. The number of hydrogen-bond acceptors (Lipinski definition) is 3. The molecule has 1 aliphatic rings. The molecule has 0 aliphatic heterocycles. The first-order valence-corrected chi connectivity index (χ1v) is 7.14. The van der Waals surface area contributed by atoms with Crippen LogP contribution in [0.5, 0.6) is 0 Å². The molecular formula is C14H29ClN2O2. The highest BCUT2D eigenvalue weighted by molar-refractivity contribution is 5.85. The Balaban J connectivity index is 0.00000324. The predicted octanol–water partition coefficient (Wildman–Crippen LogP) is 2.20. The average Bonchev–Trinajstić information content (AvgIpc) is 2.42. The summed E-state index contributed by atoms with van der Waals surface area (Å²) in [5, 5.41) is 0. The summed E-state index contributed by atoms with van der Waals surface area (Å²) in [4.78, 5) is 13.8. The first-order valence-electron chi connectivity index (χ1n) is 7.14. The molecule has 0 spiro atoms. The van der Waals surface area contributed by atoms with Gasteiger partial charge in [0, 0.05) is 27.2 Å². The first kappa shape index (κ1) is 18.7. The summed E-state index contributed by atoms with van der Waals surface area (Å²) in [6.45, 7) is 1.27. The molecule has 1 unspecified atom stereocenters. The number of halogens is 1. The van der Waals surface area contributed by atoms with Crippen LogP contribution in [0.2, 0.25) is 0 Å². The van der Waals surface area contributed by atoms with Crippen LogP contribution >= 0.6 is 12.4 Å². The minimum absolute atomic E-state index is 0. The van der Waals surface area contributed by atoms with Crippen molar-refractivity contribution in [3.8, 4) is 0 Å². The molecule has 0 aromatic carbocycles. The number of nitrogens with zero attached hydrogens (tertiary/aromatic N) is 1. The lowest BCUT2D eigenvalue weighted by atomic mass is 9.87. The Morgan fingerprint density at radius 3 is 2.53 bits per heavy atom. The number of methoxy groups -OCH3 is 1. The Bertz CT molecular complexity index is 242. The Kier molecular flexibility index (Phi) is 10.3. The molecule has 4 nitrogen and oxygen atoms in total. The van der Waals surface area contributed by atoms with E-state index >= 15 is 0 Å². The van der Waals surface area contributed by atoms with Gasteiger partial charge in [0.15, 0.2) is 0 Å². The van der Waals surface area contributed by atoms with Crippen molar-refractivity contribution < 1.29 is 9.53 Å². The van der Waals surface area contributed by atoms with Crippen LogP contribution in [-0.2, 0) is 9.53 Å². The molecule has 0 aromatic rings. The van der Waals surface area contributed by atoms with Gasteiger partial charge in [-0.25, -0.2) is 0 Å². The lowest BCUT2D eigenvalue weighted by Crippen LogP contribution is -2.34. The van der Waals surface area contributed by atoms with Gasteiger partial charge < -0.3 is 15.4 Å². The van der Waals surface area contributed by atoms with E-state index in [1.54, 1.807) is 7.11 Å². The third kappa shape index (κ3) is 7.14. The molecular weight excluding hydrogens is 264 g/mol. The van der Waals surface area contributed by atoms with E-state index < -0.39 is 0 Å². The van der Waals surface area contributed by atoms with Crippen molar-refractivity contribution in [1.29, 1.82) is 0 Å². The maximum Gasteiger partial charge on any atom is 0.224 e. The minimum Gasteiger partial charge on any atom is -0.380 e. The van der Waals surface area contributed by atoms with Crippen molar-refractivity contribution in [2.45, 2.75) is 51.0 Å². The van der Waals surface area contributed by atoms with Crippen LogP contribution in [0.3, 0.4) is 0 Å². The van der Waals surface area contributed by atoms with Crippen LogP contribution in [0.25, 0.3) is 0 Å². The van der Waals surface area contributed by atoms with Crippen LogP contribution in [0.4, 0.5) is 0 Å². The molecule has 1 aliphatic carbocycles. The Morgan fingerprint density at radius 2 is 2.00 bits per heavy atom. The summed E-state index contributed by atoms with van der Waals surface area (Å²) >= 11 is 0. The molecule has 1 amide bonds. The molecule has 19 heavy (non-hydrogen) atoms. The minimum atomic E-state index is -0.144. The smallest absolute Gasteiger partial charge is 0.224 e. The Hall–Kier alpha value is -0.320. The van der Waals surface area contributed by atoms with Crippen LogP contribution in [0.15, 0.2) is 0 Å². The van der Waals surface area contributed by atoms with Gasteiger partial charge in [-0.3, -0.25) is 4.79 Å². The fourth-order valence-corrected chi connectivity index (χ4v) is 2.59. The molecule has 1 fully saturated rings. The van der Waals surface area contributed by atoms with Gasteiger partial charge in [-0.05, 0) is 12.3 Å². The van der Waals surface area contributed by atoms with Crippen molar-refractivity contribution in [3.63, 3.8) is 0 Å². The van der Waals surface area contributed by atoms with E-state index in [1.807, 2.05) is 11.9 Å². The second-order valence-corrected chi connectivity index (χ2v) is 5.41. The van der Waals surface area contributed by atoms with Gasteiger partial charge in [-0.1, -0.05) is 32.1 Å². The maximum absolute atomic E-state index is 11.9. The number of rotatable bonds is 7. The summed E-state index contributed by atoms with van der Waals surface area (Å²) < 4.78 is 5.14. The fraction of sp³-hybridized carbons (Fsp3) is 0.929. The summed E-state index contributed by atoms with van der Waals surface area (Å²) in [6, 6.07) is 0. The van der Waals surface area contributed by atoms with Crippen molar-refractivity contribution in [3.05, 3.63) is 0 Å². The highest BCUT2D eigenvalue weighted by Gasteiger charge is 2.18. The van der Waals surface area contributed by atoms with Gasteiger partial charge in [0.05, 0.1) is 12.5 Å². The molecule has 0 radical (unpaired) electrons. The molecule has 0 aromatic heterocycles. The van der Waals surface area contributed by atoms with Crippen LogP contribution in [-0.4, -0.2) is 44.2 Å². The lowest BCUT2D eigenvalue weighted by molar-refractivity contribution is -0.132. The molecule has 2 N–H and O–H groups in total. The van der Waals surface area contributed by atoms with E-state index in [4.69, 9.17) is 10.5 Å². The molecule has 1 rings (SSSR count). The number of hydrogen-bond donors (Lipinski definition) is 1. The molecule has 0 heterocycles. The quantitative estimate of drug-likeness (QED) is 0.783. The molecule has 1 atom stereocenters. The number of amides is 1. The maximum atomic E-state index is 11.9. The number of ether oxygens (including phenoxy) is 1. The van der Waals surface area contributed by atoms with E-state index in [0.717, 1.165) is 18.9 Å². The first-order chi connectivity index (χ1) is 8.67. The van der Waals surface area contributed by atoms with Crippen LogP contribution in [0, 0.1) is 5.92 Å². The second kappa shape index (κ2) is 10.5. The van der Waals surface area contributed by atoms with Gasteiger partial charge >= 0.3 is 0 Å². The highest BCUT2D eigenvalue weighted by Crippen LogP contribution is 2.26. The summed E-state index contributed by atoms with van der Waals surface area (Å²) in [5.41, 5.74) is 5.53. The van der Waals surface area contributed by atoms with Gasteiger partial charge in [0.1, 0.15) is 0 Å². The van der Waals surface area contributed by atoms with E-state index in [1.165, 1.54) is 32.1 Å². The van der Waals surface area contributed by atoms with Gasteiger partial charge in [0.25, 0.3) is 0 Å².